The molecule has 4 heteroatoms. The molecule has 0 spiro atoms. The number of H-pyrrole nitrogens is 1. The Kier molecular flexibility index (Phi) is 5.53. The van der Waals surface area contributed by atoms with Crippen molar-refractivity contribution in [3.63, 3.8) is 0 Å². The fourth-order valence-electron chi connectivity index (χ4n) is 4.97. The molecule has 0 saturated carbocycles. The molecule has 4 rings (SSSR count). The number of aromatic nitrogens is 1. The first kappa shape index (κ1) is 18.5. The van der Waals surface area contributed by atoms with Gasteiger partial charge in [0.2, 0.25) is 5.91 Å². The summed E-state index contributed by atoms with van der Waals surface area (Å²) in [5, 5.41) is 1.18. The molecule has 1 aromatic carbocycles. The standard InChI is InChI=1S/C23H33N3O/c1-17(2)9-12-25-13-10-22-18(16-25)6-5-11-26(22)23(27)14-19-15-24-21-8-4-3-7-20(19)21/h3-4,7-8,15,17-18,22,24H,5-6,9-14,16H2,1-2H3/t18-,22-/m1/s1. The summed E-state index contributed by atoms with van der Waals surface area (Å²) in [5.41, 5.74) is 2.25. The van der Waals surface area contributed by atoms with Gasteiger partial charge in [-0.2, -0.15) is 0 Å². The topological polar surface area (TPSA) is 39.3 Å². The van der Waals surface area contributed by atoms with Crippen LogP contribution < -0.4 is 0 Å². The number of hydrogen-bond acceptors (Lipinski definition) is 2. The van der Waals surface area contributed by atoms with Gasteiger partial charge in [-0.05, 0) is 55.7 Å². The maximum absolute atomic E-state index is 13.2. The molecule has 1 N–H and O–H groups in total. The summed E-state index contributed by atoms with van der Waals surface area (Å²) in [5.74, 6) is 1.74. The molecule has 2 aliphatic heterocycles. The third-order valence-electron chi connectivity index (χ3n) is 6.51. The summed E-state index contributed by atoms with van der Waals surface area (Å²) in [6, 6.07) is 8.72. The quantitative estimate of drug-likeness (QED) is 0.865. The molecule has 27 heavy (non-hydrogen) atoms. The Bertz CT molecular complexity index is 781. The molecule has 1 aromatic heterocycles. The number of likely N-dealkylation sites (tertiary alicyclic amines) is 2. The van der Waals surface area contributed by atoms with Crippen LogP contribution in [0.3, 0.4) is 0 Å². The number of nitrogens with zero attached hydrogens (tertiary/aromatic N) is 2. The van der Waals surface area contributed by atoms with Gasteiger partial charge in [0.05, 0.1) is 6.42 Å². The highest BCUT2D eigenvalue weighted by Crippen LogP contribution is 2.31. The van der Waals surface area contributed by atoms with Crippen molar-refractivity contribution in [1.29, 1.82) is 0 Å². The third kappa shape index (κ3) is 4.06. The second-order valence-corrected chi connectivity index (χ2v) is 8.86. The molecule has 0 radical (unpaired) electrons. The Balaban J connectivity index is 1.41. The molecular weight excluding hydrogens is 334 g/mol. The van der Waals surface area contributed by atoms with Gasteiger partial charge in [0.15, 0.2) is 0 Å². The number of aromatic amines is 1. The van der Waals surface area contributed by atoms with Crippen LogP contribution in [-0.2, 0) is 11.2 Å². The lowest BCUT2D eigenvalue weighted by Crippen LogP contribution is -2.56. The van der Waals surface area contributed by atoms with Crippen molar-refractivity contribution in [2.45, 2.75) is 52.0 Å². The van der Waals surface area contributed by atoms with Gasteiger partial charge in [-0.3, -0.25) is 4.79 Å². The van der Waals surface area contributed by atoms with E-state index in [4.69, 9.17) is 0 Å². The molecule has 3 heterocycles. The zero-order valence-corrected chi connectivity index (χ0v) is 16.8. The fourth-order valence-corrected chi connectivity index (χ4v) is 4.97. The average molecular weight is 368 g/mol. The molecule has 2 atom stereocenters. The lowest BCUT2D eigenvalue weighted by Gasteiger charge is -2.47. The Morgan fingerprint density at radius 3 is 2.93 bits per heavy atom. The number of rotatable bonds is 5. The first-order valence-corrected chi connectivity index (χ1v) is 10.7. The van der Waals surface area contributed by atoms with E-state index in [9.17, 15) is 4.79 Å². The van der Waals surface area contributed by atoms with Crippen molar-refractivity contribution in [2.75, 3.05) is 26.2 Å². The summed E-state index contributed by atoms with van der Waals surface area (Å²) in [4.78, 5) is 21.3. The first-order valence-electron chi connectivity index (χ1n) is 10.7. The van der Waals surface area contributed by atoms with Gasteiger partial charge >= 0.3 is 0 Å². The number of carbonyl (C=O) groups is 1. The van der Waals surface area contributed by atoms with E-state index in [1.165, 1.54) is 31.3 Å². The van der Waals surface area contributed by atoms with Crippen molar-refractivity contribution >= 4 is 16.8 Å². The van der Waals surface area contributed by atoms with E-state index in [2.05, 4.69) is 40.8 Å². The van der Waals surface area contributed by atoms with Crippen LogP contribution in [0, 0.1) is 11.8 Å². The Morgan fingerprint density at radius 1 is 1.22 bits per heavy atom. The highest BCUT2D eigenvalue weighted by molar-refractivity contribution is 5.89. The van der Waals surface area contributed by atoms with Crippen molar-refractivity contribution in [1.82, 2.24) is 14.8 Å². The van der Waals surface area contributed by atoms with Crippen LogP contribution in [-0.4, -0.2) is 52.9 Å². The van der Waals surface area contributed by atoms with E-state index < -0.39 is 0 Å². The average Bonchev–Trinajstić information content (AvgIpc) is 3.08. The Hall–Kier alpha value is -1.81. The Morgan fingerprint density at radius 2 is 2.07 bits per heavy atom. The van der Waals surface area contributed by atoms with E-state index >= 15 is 0 Å². The van der Waals surface area contributed by atoms with Crippen LogP contribution in [0.4, 0.5) is 0 Å². The normalized spacial score (nSPS) is 23.7. The second-order valence-electron chi connectivity index (χ2n) is 8.86. The summed E-state index contributed by atoms with van der Waals surface area (Å²) >= 11 is 0. The number of hydrogen-bond donors (Lipinski definition) is 1. The van der Waals surface area contributed by atoms with Crippen LogP contribution in [0.5, 0.6) is 0 Å². The van der Waals surface area contributed by atoms with E-state index in [0.717, 1.165) is 42.9 Å². The van der Waals surface area contributed by atoms with E-state index in [-0.39, 0.29) is 0 Å². The monoisotopic (exact) mass is 367 g/mol. The van der Waals surface area contributed by atoms with Gasteiger partial charge < -0.3 is 14.8 Å². The number of amides is 1. The van der Waals surface area contributed by atoms with Gasteiger partial charge in [-0.25, -0.2) is 0 Å². The third-order valence-corrected chi connectivity index (χ3v) is 6.51. The SMILES string of the molecule is CC(C)CCN1CC[C@@H]2[C@H](CCCN2C(=O)Cc2c[nH]c3ccccc23)C1. The summed E-state index contributed by atoms with van der Waals surface area (Å²) < 4.78 is 0. The van der Waals surface area contributed by atoms with Crippen LogP contribution in [0.1, 0.15) is 45.1 Å². The Labute approximate surface area is 162 Å². The molecule has 146 valence electrons. The van der Waals surface area contributed by atoms with Gasteiger partial charge in [0, 0.05) is 42.8 Å². The number of nitrogens with one attached hydrogen (secondary N) is 1. The first-order chi connectivity index (χ1) is 13.1. The minimum absolute atomic E-state index is 0.310. The molecule has 2 aromatic rings. The van der Waals surface area contributed by atoms with Crippen molar-refractivity contribution < 1.29 is 4.79 Å². The van der Waals surface area contributed by atoms with Crippen LogP contribution >= 0.6 is 0 Å². The highest BCUT2D eigenvalue weighted by Gasteiger charge is 2.37. The van der Waals surface area contributed by atoms with Crippen LogP contribution in [0.15, 0.2) is 30.5 Å². The maximum Gasteiger partial charge on any atom is 0.227 e. The van der Waals surface area contributed by atoms with Crippen molar-refractivity contribution in [3.05, 3.63) is 36.0 Å². The van der Waals surface area contributed by atoms with E-state index in [1.54, 1.807) is 0 Å². The molecular formula is C23H33N3O. The van der Waals surface area contributed by atoms with Gasteiger partial charge in [0.1, 0.15) is 0 Å². The predicted octanol–water partition coefficient (Wildman–Crippen LogP) is 4.07. The molecule has 0 unspecified atom stereocenters. The second kappa shape index (κ2) is 8.05. The highest BCUT2D eigenvalue weighted by atomic mass is 16.2. The van der Waals surface area contributed by atoms with E-state index in [1.807, 2.05) is 18.3 Å². The summed E-state index contributed by atoms with van der Waals surface area (Å²) in [6.07, 6.45) is 7.38. The number of para-hydroxylation sites is 1. The molecule has 1 amide bonds. The maximum atomic E-state index is 13.2. The van der Waals surface area contributed by atoms with Crippen LogP contribution in [0.25, 0.3) is 10.9 Å². The zero-order valence-electron chi connectivity index (χ0n) is 16.8. The summed E-state index contributed by atoms with van der Waals surface area (Å²) in [6.45, 7) is 9.08. The number of carbonyl (C=O) groups excluding carboxylic acids is 1. The van der Waals surface area contributed by atoms with E-state index in [0.29, 0.717) is 24.3 Å². The molecule has 2 fully saturated rings. The lowest BCUT2D eigenvalue weighted by molar-refractivity contribution is -0.137. The smallest absolute Gasteiger partial charge is 0.227 e. The minimum atomic E-state index is 0.310. The molecule has 2 saturated heterocycles. The molecule has 2 aliphatic rings. The number of fused-ring (bicyclic) bond motifs is 2. The summed E-state index contributed by atoms with van der Waals surface area (Å²) in [7, 11) is 0. The fraction of sp³-hybridized carbons (Fsp3) is 0.609. The van der Waals surface area contributed by atoms with Gasteiger partial charge in [-0.15, -0.1) is 0 Å². The van der Waals surface area contributed by atoms with Crippen molar-refractivity contribution in [2.24, 2.45) is 11.8 Å². The largest absolute Gasteiger partial charge is 0.361 e. The zero-order chi connectivity index (χ0) is 18.8. The van der Waals surface area contributed by atoms with Crippen LogP contribution in [0.2, 0.25) is 0 Å². The molecule has 0 aliphatic carbocycles. The number of benzene rings is 1. The van der Waals surface area contributed by atoms with Gasteiger partial charge in [0.25, 0.3) is 0 Å². The lowest BCUT2D eigenvalue weighted by atomic mass is 9.83. The minimum Gasteiger partial charge on any atom is -0.361 e. The van der Waals surface area contributed by atoms with Gasteiger partial charge in [-0.1, -0.05) is 32.0 Å². The number of piperidine rings is 2. The predicted molar refractivity (Wildman–Crippen MR) is 111 cm³/mol. The van der Waals surface area contributed by atoms with Crippen molar-refractivity contribution in [3.8, 4) is 0 Å². The molecule has 0 bridgehead atoms. The molecule has 4 nitrogen and oxygen atoms in total.